The third kappa shape index (κ3) is 3.75. The van der Waals surface area contributed by atoms with Crippen molar-refractivity contribution < 1.29 is 4.84 Å². The number of halogens is 1. The molecule has 1 aromatic heterocycles. The molecule has 3 N–H and O–H groups in total. The van der Waals surface area contributed by atoms with Crippen LogP contribution >= 0.6 is 11.6 Å². The van der Waals surface area contributed by atoms with Crippen LogP contribution in [0.1, 0.15) is 12.2 Å². The molecular weight excluding hydrogens is 254 g/mol. The summed E-state index contributed by atoms with van der Waals surface area (Å²) in [7, 11) is 0. The van der Waals surface area contributed by atoms with E-state index < -0.39 is 0 Å². The number of aryl methyl sites for hydroxylation is 1. The fraction of sp³-hybridized carbons (Fsp3) is 0.455. The van der Waals surface area contributed by atoms with Crippen LogP contribution in [0, 0.1) is 6.92 Å². The summed E-state index contributed by atoms with van der Waals surface area (Å²) in [5.74, 6) is 1.70. The van der Waals surface area contributed by atoms with Crippen molar-refractivity contribution in [3.63, 3.8) is 0 Å². The van der Waals surface area contributed by atoms with E-state index in [9.17, 15) is 0 Å². The molecule has 1 aliphatic heterocycles. The van der Waals surface area contributed by atoms with Crippen molar-refractivity contribution in [2.24, 2.45) is 0 Å². The van der Waals surface area contributed by atoms with Gasteiger partial charge in [0.1, 0.15) is 11.5 Å². The Kier molecular flexibility index (Phi) is 4.60. The van der Waals surface area contributed by atoms with Crippen molar-refractivity contribution in [3.8, 4) is 0 Å². The Morgan fingerprint density at radius 2 is 2.28 bits per heavy atom. The van der Waals surface area contributed by atoms with E-state index in [1.54, 1.807) is 13.1 Å². The number of nitrogens with one attached hydrogen (secondary N) is 3. The summed E-state index contributed by atoms with van der Waals surface area (Å²) in [6.07, 6.45) is 4.46. The van der Waals surface area contributed by atoms with Crippen molar-refractivity contribution in [2.45, 2.75) is 13.3 Å². The molecule has 0 unspecified atom stereocenters. The molecule has 1 aromatic rings. The minimum atomic E-state index is 0.361. The van der Waals surface area contributed by atoms with Gasteiger partial charge in [-0.2, -0.15) is 0 Å². The minimum absolute atomic E-state index is 0.361. The van der Waals surface area contributed by atoms with Crippen LogP contribution in [0.25, 0.3) is 0 Å². The quantitative estimate of drug-likeness (QED) is 0.424. The van der Waals surface area contributed by atoms with Crippen LogP contribution in [0.5, 0.6) is 0 Å². The van der Waals surface area contributed by atoms with Gasteiger partial charge in [0.05, 0.1) is 18.6 Å². The van der Waals surface area contributed by atoms with Gasteiger partial charge in [-0.1, -0.05) is 11.6 Å². The lowest BCUT2D eigenvalue weighted by Crippen LogP contribution is -2.10. The van der Waals surface area contributed by atoms with E-state index in [2.05, 4.69) is 32.2 Å². The standard InChI is InChI=1S/C11H16ClN5O/c1-8-15-7-9(11(12)16-8)17-18-6-2-3-10-13-4-5-14-10/h3,7,13-14,17H,2,4-6H2,1H3. The van der Waals surface area contributed by atoms with Crippen LogP contribution in [0.3, 0.4) is 0 Å². The first kappa shape index (κ1) is 12.9. The summed E-state index contributed by atoms with van der Waals surface area (Å²) >= 11 is 5.92. The molecule has 98 valence electrons. The summed E-state index contributed by atoms with van der Waals surface area (Å²) in [5.41, 5.74) is 3.31. The van der Waals surface area contributed by atoms with E-state index in [-0.39, 0.29) is 0 Å². The van der Waals surface area contributed by atoms with Gasteiger partial charge in [0, 0.05) is 13.1 Å². The first-order chi connectivity index (χ1) is 8.75. The van der Waals surface area contributed by atoms with Crippen LogP contribution in [-0.4, -0.2) is 29.7 Å². The number of rotatable bonds is 5. The summed E-state index contributed by atoms with van der Waals surface area (Å²) in [6, 6.07) is 0. The minimum Gasteiger partial charge on any atom is -0.370 e. The fourth-order valence-corrected chi connectivity index (χ4v) is 1.71. The topological polar surface area (TPSA) is 71.1 Å². The van der Waals surface area contributed by atoms with Crippen LogP contribution in [0.2, 0.25) is 5.15 Å². The highest BCUT2D eigenvalue weighted by Crippen LogP contribution is 2.17. The van der Waals surface area contributed by atoms with Gasteiger partial charge < -0.3 is 10.6 Å². The Morgan fingerprint density at radius 3 is 3.00 bits per heavy atom. The molecule has 0 radical (unpaired) electrons. The number of nitrogens with zero attached hydrogens (tertiary/aromatic N) is 2. The van der Waals surface area contributed by atoms with E-state index >= 15 is 0 Å². The highest BCUT2D eigenvalue weighted by molar-refractivity contribution is 6.31. The molecular formula is C11H16ClN5O. The van der Waals surface area contributed by atoms with E-state index in [0.29, 0.717) is 23.3 Å². The van der Waals surface area contributed by atoms with Crippen molar-refractivity contribution >= 4 is 17.3 Å². The molecule has 1 aliphatic rings. The van der Waals surface area contributed by atoms with Gasteiger partial charge in [0.15, 0.2) is 5.15 Å². The smallest absolute Gasteiger partial charge is 0.158 e. The van der Waals surface area contributed by atoms with Crippen LogP contribution in [0.4, 0.5) is 5.69 Å². The third-order valence-corrected chi connectivity index (χ3v) is 2.66. The monoisotopic (exact) mass is 269 g/mol. The van der Waals surface area contributed by atoms with Crippen molar-refractivity contribution in [1.82, 2.24) is 20.6 Å². The zero-order valence-electron chi connectivity index (χ0n) is 10.2. The van der Waals surface area contributed by atoms with Gasteiger partial charge in [0.2, 0.25) is 0 Å². The number of hydrogen-bond donors (Lipinski definition) is 3. The maximum atomic E-state index is 5.92. The Morgan fingerprint density at radius 1 is 1.50 bits per heavy atom. The molecule has 2 rings (SSSR count). The molecule has 0 aromatic carbocycles. The summed E-state index contributed by atoms with van der Waals surface area (Å²) in [4.78, 5) is 13.3. The summed E-state index contributed by atoms with van der Waals surface area (Å²) in [5, 5.41) is 6.79. The molecule has 0 spiro atoms. The maximum absolute atomic E-state index is 5.92. The Balaban J connectivity index is 1.70. The van der Waals surface area contributed by atoms with E-state index in [1.807, 2.05) is 0 Å². The van der Waals surface area contributed by atoms with Crippen molar-refractivity contribution in [1.29, 1.82) is 0 Å². The first-order valence-corrected chi connectivity index (χ1v) is 6.18. The largest absolute Gasteiger partial charge is 0.370 e. The summed E-state index contributed by atoms with van der Waals surface area (Å²) < 4.78 is 0. The molecule has 0 atom stereocenters. The lowest BCUT2D eigenvalue weighted by molar-refractivity contribution is 0.199. The number of hydrogen-bond acceptors (Lipinski definition) is 6. The van der Waals surface area contributed by atoms with Gasteiger partial charge in [-0.15, -0.1) is 0 Å². The molecule has 1 saturated heterocycles. The molecule has 0 amide bonds. The van der Waals surface area contributed by atoms with Gasteiger partial charge in [-0.05, 0) is 19.4 Å². The zero-order chi connectivity index (χ0) is 12.8. The molecule has 6 nitrogen and oxygen atoms in total. The van der Waals surface area contributed by atoms with Gasteiger partial charge >= 0.3 is 0 Å². The SMILES string of the molecule is Cc1ncc(NOCCC=C2NCCN2)c(Cl)n1. The van der Waals surface area contributed by atoms with E-state index in [4.69, 9.17) is 16.4 Å². The van der Waals surface area contributed by atoms with Crippen molar-refractivity contribution in [3.05, 3.63) is 29.1 Å². The van der Waals surface area contributed by atoms with E-state index in [1.165, 1.54) is 0 Å². The molecule has 0 saturated carbocycles. The molecule has 7 heteroatoms. The molecule has 0 aliphatic carbocycles. The lowest BCUT2D eigenvalue weighted by atomic mass is 10.4. The van der Waals surface area contributed by atoms with Gasteiger partial charge in [0.25, 0.3) is 0 Å². The molecule has 1 fully saturated rings. The van der Waals surface area contributed by atoms with Gasteiger partial charge in [-0.3, -0.25) is 10.3 Å². The highest BCUT2D eigenvalue weighted by atomic mass is 35.5. The Hall–Kier alpha value is -1.53. The molecule has 18 heavy (non-hydrogen) atoms. The summed E-state index contributed by atoms with van der Waals surface area (Å²) in [6.45, 7) is 4.27. The van der Waals surface area contributed by atoms with E-state index in [0.717, 1.165) is 25.3 Å². The number of anilines is 1. The van der Waals surface area contributed by atoms with Crippen molar-refractivity contribution in [2.75, 3.05) is 25.2 Å². The predicted octanol–water partition coefficient (Wildman–Crippen LogP) is 1.21. The number of aromatic nitrogens is 2. The van der Waals surface area contributed by atoms with Gasteiger partial charge in [-0.25, -0.2) is 9.97 Å². The van der Waals surface area contributed by atoms with Crippen LogP contribution < -0.4 is 16.1 Å². The second kappa shape index (κ2) is 6.42. The highest BCUT2D eigenvalue weighted by Gasteiger charge is 2.03. The lowest BCUT2D eigenvalue weighted by Gasteiger charge is -2.07. The van der Waals surface area contributed by atoms with Crippen LogP contribution in [-0.2, 0) is 4.84 Å². The second-order valence-electron chi connectivity index (χ2n) is 3.83. The second-order valence-corrected chi connectivity index (χ2v) is 4.19. The third-order valence-electron chi connectivity index (χ3n) is 2.37. The zero-order valence-corrected chi connectivity index (χ0v) is 10.9. The Bertz CT molecular complexity index is 429. The Labute approximate surface area is 111 Å². The average molecular weight is 270 g/mol. The molecule has 0 bridgehead atoms. The predicted molar refractivity (Wildman–Crippen MR) is 70.1 cm³/mol. The average Bonchev–Trinajstić information content (AvgIpc) is 2.84. The maximum Gasteiger partial charge on any atom is 0.158 e. The fourth-order valence-electron chi connectivity index (χ4n) is 1.50. The normalized spacial score (nSPS) is 14.0. The first-order valence-electron chi connectivity index (χ1n) is 5.80. The van der Waals surface area contributed by atoms with Crippen LogP contribution in [0.15, 0.2) is 18.1 Å². The molecule has 2 heterocycles.